The Bertz CT molecular complexity index is 1800. The smallest absolute Gasteiger partial charge is 0.231 e. The van der Waals surface area contributed by atoms with Crippen LogP contribution in [-0.4, -0.2) is 76.3 Å². The average molecular weight is 627 g/mol. The first-order valence-corrected chi connectivity index (χ1v) is 15.1. The van der Waals surface area contributed by atoms with E-state index < -0.39 is 58.7 Å². The number of aliphatic hydroxyl groups excluding tert-OH is 1. The normalized spacial score (nSPS) is 28.1. The molecule has 0 aromatic heterocycles. The largest absolute Gasteiger partial charge is 0.507 e. The van der Waals surface area contributed by atoms with Crippen molar-refractivity contribution in [3.8, 4) is 28.4 Å². The van der Waals surface area contributed by atoms with E-state index in [9.17, 15) is 29.7 Å². The molecule has 3 aliphatic carbocycles. The maximum Gasteiger partial charge on any atom is 0.231 e. The van der Waals surface area contributed by atoms with E-state index in [0.29, 0.717) is 22.6 Å². The van der Waals surface area contributed by atoms with Gasteiger partial charge in [0.2, 0.25) is 18.5 Å². The summed E-state index contributed by atoms with van der Waals surface area (Å²) in [6, 6.07) is 17.1. The highest BCUT2D eigenvalue weighted by Gasteiger charge is 2.68. The van der Waals surface area contributed by atoms with Gasteiger partial charge < -0.3 is 40.2 Å². The predicted octanol–water partition coefficient (Wildman–Crippen LogP) is 2.75. The highest BCUT2D eigenvalue weighted by atomic mass is 16.7. The summed E-state index contributed by atoms with van der Waals surface area (Å²) < 4.78 is 17.3. The first kappa shape index (κ1) is 30.0. The molecule has 1 amide bonds. The lowest BCUT2D eigenvalue weighted by atomic mass is 9.54. The number of carbonyl (C=O) groups is 3. The lowest BCUT2D eigenvalue weighted by Gasteiger charge is -2.54. The van der Waals surface area contributed by atoms with Crippen LogP contribution < -0.4 is 15.2 Å². The number of hydrogen-bond donors (Lipinski definition) is 4. The molecule has 4 aliphatic rings. The summed E-state index contributed by atoms with van der Waals surface area (Å²) in [5.41, 5.74) is 5.91. The minimum atomic E-state index is -2.65. The number of ketones is 2. The summed E-state index contributed by atoms with van der Waals surface area (Å²) in [5, 5.41) is 34.7. The second-order valence-corrected chi connectivity index (χ2v) is 12.6. The molecule has 11 nitrogen and oxygen atoms in total. The van der Waals surface area contributed by atoms with Crippen molar-refractivity contribution in [2.45, 2.75) is 37.2 Å². The van der Waals surface area contributed by atoms with E-state index in [1.807, 2.05) is 42.5 Å². The number of nitrogens with zero attached hydrogens (tertiary/aromatic N) is 1. The van der Waals surface area contributed by atoms with Crippen LogP contribution in [0.4, 0.5) is 0 Å². The van der Waals surface area contributed by atoms with Crippen LogP contribution in [0.2, 0.25) is 0 Å². The fourth-order valence-electron chi connectivity index (χ4n) is 7.87. The number of benzene rings is 3. The minimum Gasteiger partial charge on any atom is -0.507 e. The van der Waals surface area contributed by atoms with Crippen LogP contribution in [0.15, 0.2) is 66.2 Å². The van der Waals surface area contributed by atoms with E-state index >= 15 is 0 Å². The summed E-state index contributed by atoms with van der Waals surface area (Å²) in [4.78, 5) is 43.0. The predicted molar refractivity (Wildman–Crippen MR) is 165 cm³/mol. The van der Waals surface area contributed by atoms with Gasteiger partial charge in [0.15, 0.2) is 22.9 Å². The molecule has 5 N–H and O–H groups in total. The fraction of sp³-hybridized carbons (Fsp3) is 0.343. The molecule has 2 saturated carbocycles. The highest BCUT2D eigenvalue weighted by Crippen LogP contribution is 2.54. The Morgan fingerprint density at radius 1 is 1.04 bits per heavy atom. The van der Waals surface area contributed by atoms with Crippen LogP contribution in [0.3, 0.4) is 0 Å². The van der Waals surface area contributed by atoms with Crippen molar-refractivity contribution in [1.29, 1.82) is 0 Å². The van der Waals surface area contributed by atoms with Gasteiger partial charge in [0.25, 0.3) is 0 Å². The zero-order chi connectivity index (χ0) is 32.5. The number of Topliss-reactive ketones (excluding diaryl/α,β-unsaturated/α-hetero) is 2. The van der Waals surface area contributed by atoms with Crippen molar-refractivity contribution >= 4 is 23.2 Å². The number of aromatic hydroxyl groups is 1. The van der Waals surface area contributed by atoms with E-state index in [1.54, 1.807) is 31.1 Å². The number of nitrogens with two attached hydrogens (primary N) is 1. The third-order valence-corrected chi connectivity index (χ3v) is 9.91. The SMILES string of the molecule is CN(C)[C@@H]1C(OCc2ccccc2)C(C(N)=O)C(=O)[C@@]2(O)C(=O)C3=C(O)c4c(O)ccc(-c5ccc6c(c5)OCO6)c4C[C@H]3C[C@@H]12. The molecule has 0 saturated heterocycles. The molecule has 2 fully saturated rings. The van der Waals surface area contributed by atoms with Gasteiger partial charge in [0.05, 0.1) is 18.3 Å². The second-order valence-electron chi connectivity index (χ2n) is 12.6. The van der Waals surface area contributed by atoms with Gasteiger partial charge in [-0.25, -0.2) is 0 Å². The van der Waals surface area contributed by atoms with Crippen molar-refractivity contribution in [1.82, 2.24) is 4.90 Å². The molecular weight excluding hydrogens is 592 g/mol. The lowest BCUT2D eigenvalue weighted by molar-refractivity contribution is -0.190. The molecule has 238 valence electrons. The average Bonchev–Trinajstić information content (AvgIpc) is 3.50. The zero-order valence-corrected chi connectivity index (χ0v) is 25.3. The number of primary amides is 1. The molecule has 6 atom stereocenters. The summed E-state index contributed by atoms with van der Waals surface area (Å²) >= 11 is 0. The molecule has 0 bridgehead atoms. The number of rotatable bonds is 6. The number of hydrogen-bond acceptors (Lipinski definition) is 10. The maximum absolute atomic E-state index is 14.4. The second kappa shape index (κ2) is 11.0. The van der Waals surface area contributed by atoms with Gasteiger partial charge in [0.1, 0.15) is 17.4 Å². The van der Waals surface area contributed by atoms with Gasteiger partial charge in [-0.2, -0.15) is 0 Å². The van der Waals surface area contributed by atoms with Crippen molar-refractivity contribution in [2.75, 3.05) is 20.9 Å². The van der Waals surface area contributed by atoms with Gasteiger partial charge in [0, 0.05) is 17.5 Å². The van der Waals surface area contributed by atoms with Crippen LogP contribution in [-0.2, 0) is 32.1 Å². The Balaban J connectivity index is 1.33. The first-order chi connectivity index (χ1) is 22.0. The molecular formula is C35H34N2O9. The zero-order valence-electron chi connectivity index (χ0n) is 25.3. The lowest BCUT2D eigenvalue weighted by Crippen LogP contribution is -2.73. The van der Waals surface area contributed by atoms with Crippen molar-refractivity contribution in [3.05, 3.63) is 82.9 Å². The van der Waals surface area contributed by atoms with E-state index in [0.717, 1.165) is 11.1 Å². The van der Waals surface area contributed by atoms with Crippen LogP contribution in [0.5, 0.6) is 17.2 Å². The summed E-state index contributed by atoms with van der Waals surface area (Å²) in [7, 11) is 3.47. The monoisotopic (exact) mass is 626 g/mol. The Labute approximate surface area is 264 Å². The Kier molecular flexibility index (Phi) is 7.15. The minimum absolute atomic E-state index is 0.0553. The van der Waals surface area contributed by atoms with Crippen molar-refractivity contribution < 1.29 is 43.9 Å². The highest BCUT2D eigenvalue weighted by molar-refractivity contribution is 6.25. The number of fused-ring (bicyclic) bond motifs is 4. The quantitative estimate of drug-likeness (QED) is 0.299. The maximum atomic E-state index is 14.4. The van der Waals surface area contributed by atoms with Crippen LogP contribution in [0.25, 0.3) is 16.9 Å². The summed E-state index contributed by atoms with van der Waals surface area (Å²) in [5.74, 6) is -5.88. The Morgan fingerprint density at radius 2 is 1.78 bits per heavy atom. The number of amides is 1. The van der Waals surface area contributed by atoms with Crippen LogP contribution in [0.1, 0.15) is 23.1 Å². The van der Waals surface area contributed by atoms with E-state index in [4.69, 9.17) is 19.9 Å². The van der Waals surface area contributed by atoms with Gasteiger partial charge in [-0.1, -0.05) is 42.5 Å². The van der Waals surface area contributed by atoms with E-state index in [2.05, 4.69) is 0 Å². The first-order valence-electron chi connectivity index (χ1n) is 15.1. The number of ether oxygens (including phenoxy) is 3. The van der Waals surface area contributed by atoms with Gasteiger partial charge >= 0.3 is 0 Å². The van der Waals surface area contributed by atoms with Gasteiger partial charge in [-0.15, -0.1) is 0 Å². The van der Waals surface area contributed by atoms with Crippen LogP contribution >= 0.6 is 0 Å². The van der Waals surface area contributed by atoms with E-state index in [-0.39, 0.29) is 43.1 Å². The molecule has 46 heavy (non-hydrogen) atoms. The summed E-state index contributed by atoms with van der Waals surface area (Å²) in [6.45, 7) is 0.180. The van der Waals surface area contributed by atoms with Crippen molar-refractivity contribution in [3.63, 3.8) is 0 Å². The summed E-state index contributed by atoms with van der Waals surface area (Å²) in [6.07, 6.45) is -0.710. The number of carbonyl (C=O) groups excluding carboxylic acids is 3. The van der Waals surface area contributed by atoms with Crippen LogP contribution in [0, 0.1) is 17.8 Å². The molecule has 0 radical (unpaired) electrons. The number of phenolic OH excluding ortho intramolecular Hbond substituents is 1. The standard InChI is InChI=1S/C35H34N2O9/c1-37(2)29-22-13-19-12-21-20(18-8-11-24-25(14-18)46-16-45-24)9-10-23(38)27(21)30(39)26(19)32(40)35(22,43)33(41)28(34(36)42)31(29)44-15-17-6-4-3-5-7-17/h3-11,14,19,22,28-29,31,38-39,43H,12-13,15-16H2,1-2H3,(H2,36,42)/t19-,22-,28?,29-,31?,35-/m0/s1. The van der Waals surface area contributed by atoms with Gasteiger partial charge in [-0.3, -0.25) is 14.4 Å². The molecule has 1 heterocycles. The molecule has 11 heteroatoms. The molecule has 1 aliphatic heterocycles. The van der Waals surface area contributed by atoms with E-state index in [1.165, 1.54) is 6.07 Å². The number of aliphatic hydroxyl groups is 2. The molecule has 3 aromatic rings. The molecule has 2 unspecified atom stereocenters. The third-order valence-electron chi connectivity index (χ3n) is 9.91. The topological polar surface area (TPSA) is 169 Å². The Morgan fingerprint density at radius 3 is 2.50 bits per heavy atom. The molecule has 7 rings (SSSR count). The van der Waals surface area contributed by atoms with Gasteiger partial charge in [-0.05, 0) is 73.3 Å². The Hall–Kier alpha value is -4.71. The molecule has 3 aromatic carbocycles. The number of phenols is 1. The third kappa shape index (κ3) is 4.41. The fourth-order valence-corrected chi connectivity index (χ4v) is 7.87. The molecule has 0 spiro atoms. The van der Waals surface area contributed by atoms with Crippen molar-refractivity contribution in [2.24, 2.45) is 23.5 Å². The number of likely N-dealkylation sites (N-methyl/N-ethyl adjacent to an activating group) is 1.